The lowest BCUT2D eigenvalue weighted by atomic mass is 10.1. The van der Waals surface area contributed by atoms with Crippen LogP contribution in [0.4, 0.5) is 0 Å². The van der Waals surface area contributed by atoms with E-state index in [9.17, 15) is 4.79 Å². The maximum absolute atomic E-state index is 12.1. The molecule has 3 heterocycles. The molecule has 7 heteroatoms. The van der Waals surface area contributed by atoms with E-state index in [0.29, 0.717) is 19.2 Å². The minimum Gasteiger partial charge on any atom is -0.383 e. The number of carbonyl (C=O) groups excluding carboxylic acids is 1. The molecule has 0 unspecified atom stereocenters. The highest BCUT2D eigenvalue weighted by Crippen LogP contribution is 2.34. The summed E-state index contributed by atoms with van der Waals surface area (Å²) in [6.45, 7) is 6.74. The van der Waals surface area contributed by atoms with Gasteiger partial charge in [-0.3, -0.25) is 9.69 Å². The fourth-order valence-corrected chi connectivity index (χ4v) is 3.52. The number of aryl methyl sites for hydroxylation is 2. The monoisotopic (exact) mass is 323 g/mol. The van der Waals surface area contributed by atoms with E-state index < -0.39 is 0 Å². The number of aromatic nitrogens is 1. The molecule has 0 aliphatic carbocycles. The first-order valence-corrected chi connectivity index (χ1v) is 8.18. The van der Waals surface area contributed by atoms with Crippen molar-refractivity contribution in [3.63, 3.8) is 0 Å². The summed E-state index contributed by atoms with van der Waals surface area (Å²) in [5.74, 6) is 0.840. The minimum absolute atomic E-state index is 0.0336. The molecule has 0 aromatic carbocycles. The zero-order valence-electron chi connectivity index (χ0n) is 14.0. The van der Waals surface area contributed by atoms with E-state index in [-0.39, 0.29) is 18.1 Å². The van der Waals surface area contributed by atoms with Crippen molar-refractivity contribution in [3.8, 4) is 0 Å². The number of ether oxygens (including phenoxy) is 2. The topological polar surface area (TPSA) is 76.8 Å². The second kappa shape index (κ2) is 6.98. The molecule has 0 radical (unpaired) electrons. The first-order chi connectivity index (χ1) is 11.1. The van der Waals surface area contributed by atoms with Crippen LogP contribution in [0.2, 0.25) is 0 Å². The second-order valence-corrected chi connectivity index (χ2v) is 6.31. The van der Waals surface area contributed by atoms with E-state index in [1.54, 1.807) is 7.11 Å². The van der Waals surface area contributed by atoms with Crippen LogP contribution in [0.15, 0.2) is 4.52 Å². The highest BCUT2D eigenvalue weighted by Gasteiger charge is 2.45. The van der Waals surface area contributed by atoms with Gasteiger partial charge in [0.05, 0.1) is 18.4 Å². The Morgan fingerprint density at radius 3 is 3.00 bits per heavy atom. The third-order valence-corrected chi connectivity index (χ3v) is 4.83. The van der Waals surface area contributed by atoms with Crippen LogP contribution in [0, 0.1) is 13.8 Å². The average molecular weight is 323 g/mol. The number of methoxy groups -OCH3 is 1. The molecule has 2 saturated heterocycles. The van der Waals surface area contributed by atoms with Crippen LogP contribution in [-0.4, -0.2) is 61.0 Å². The first kappa shape index (κ1) is 16.4. The van der Waals surface area contributed by atoms with Crippen molar-refractivity contribution < 1.29 is 18.8 Å². The van der Waals surface area contributed by atoms with Gasteiger partial charge in [0.25, 0.3) is 0 Å². The average Bonchev–Trinajstić information content (AvgIpc) is 3.19. The second-order valence-electron chi connectivity index (χ2n) is 6.31. The van der Waals surface area contributed by atoms with Gasteiger partial charge in [-0.05, 0) is 20.3 Å². The van der Waals surface area contributed by atoms with Crippen LogP contribution in [0.3, 0.4) is 0 Å². The predicted molar refractivity (Wildman–Crippen MR) is 83.0 cm³/mol. The standard InChI is InChI=1S/C16H25N3O4/c1-10-12(11(2)23-18-10)9-19-6-4-14-13(19)8-15(22-14)16(20)17-5-7-21-3/h13-15H,4-9H2,1-3H3,(H,17,20)/t13-,14-,15+/m0/s1. The molecule has 0 bridgehead atoms. The number of nitrogens with zero attached hydrogens (tertiary/aromatic N) is 2. The molecule has 1 amide bonds. The third-order valence-electron chi connectivity index (χ3n) is 4.83. The van der Waals surface area contributed by atoms with Crippen LogP contribution >= 0.6 is 0 Å². The van der Waals surface area contributed by atoms with Crippen LogP contribution in [0.1, 0.15) is 29.9 Å². The fraction of sp³-hybridized carbons (Fsp3) is 0.750. The van der Waals surface area contributed by atoms with Gasteiger partial charge >= 0.3 is 0 Å². The molecule has 1 aromatic rings. The lowest BCUT2D eigenvalue weighted by Crippen LogP contribution is -2.37. The van der Waals surface area contributed by atoms with Crippen molar-refractivity contribution in [1.82, 2.24) is 15.4 Å². The number of amides is 1. The Morgan fingerprint density at radius 1 is 1.48 bits per heavy atom. The van der Waals surface area contributed by atoms with E-state index in [2.05, 4.69) is 15.4 Å². The largest absolute Gasteiger partial charge is 0.383 e. The van der Waals surface area contributed by atoms with Gasteiger partial charge < -0.3 is 19.3 Å². The predicted octanol–water partition coefficient (Wildman–Crippen LogP) is 0.786. The highest BCUT2D eigenvalue weighted by atomic mass is 16.5. The van der Waals surface area contributed by atoms with E-state index in [0.717, 1.165) is 42.9 Å². The molecular formula is C16H25N3O4. The molecule has 3 rings (SSSR count). The number of likely N-dealkylation sites (tertiary alicyclic amines) is 1. The number of hydrogen-bond acceptors (Lipinski definition) is 6. The van der Waals surface area contributed by atoms with Crippen molar-refractivity contribution in [3.05, 3.63) is 17.0 Å². The zero-order chi connectivity index (χ0) is 16.4. The Labute approximate surface area is 136 Å². The molecule has 128 valence electrons. The Morgan fingerprint density at radius 2 is 2.30 bits per heavy atom. The van der Waals surface area contributed by atoms with Gasteiger partial charge in [0.2, 0.25) is 5.91 Å². The van der Waals surface area contributed by atoms with Crippen LogP contribution in [0.5, 0.6) is 0 Å². The van der Waals surface area contributed by atoms with Crippen molar-refractivity contribution >= 4 is 5.91 Å². The molecule has 2 aliphatic rings. The van der Waals surface area contributed by atoms with E-state index in [4.69, 9.17) is 14.0 Å². The summed E-state index contributed by atoms with van der Waals surface area (Å²) in [4.78, 5) is 14.5. The SMILES string of the molecule is COCCNC(=O)[C@H]1C[C@H]2[C@H](CCN2Cc2c(C)noc2C)O1. The van der Waals surface area contributed by atoms with Crippen molar-refractivity contribution in [2.75, 3.05) is 26.8 Å². The Kier molecular flexibility index (Phi) is 4.99. The van der Waals surface area contributed by atoms with Crippen LogP contribution in [0.25, 0.3) is 0 Å². The van der Waals surface area contributed by atoms with Crippen LogP contribution < -0.4 is 5.32 Å². The van der Waals surface area contributed by atoms with E-state index in [1.807, 2.05) is 13.8 Å². The smallest absolute Gasteiger partial charge is 0.249 e. The highest BCUT2D eigenvalue weighted by molar-refractivity contribution is 5.81. The number of carbonyl (C=O) groups is 1. The fourth-order valence-electron chi connectivity index (χ4n) is 3.52. The Bertz CT molecular complexity index is 540. The van der Waals surface area contributed by atoms with Gasteiger partial charge in [0.1, 0.15) is 11.9 Å². The van der Waals surface area contributed by atoms with E-state index in [1.165, 1.54) is 0 Å². The molecule has 2 fully saturated rings. The maximum atomic E-state index is 12.1. The third kappa shape index (κ3) is 3.41. The summed E-state index contributed by atoms with van der Waals surface area (Å²) in [6, 6.07) is 0.293. The lowest BCUT2D eigenvalue weighted by Gasteiger charge is -2.22. The Hall–Kier alpha value is -1.44. The van der Waals surface area contributed by atoms with Crippen molar-refractivity contribution in [2.24, 2.45) is 0 Å². The van der Waals surface area contributed by atoms with Gasteiger partial charge in [-0.1, -0.05) is 5.16 Å². The molecule has 0 spiro atoms. The summed E-state index contributed by atoms with van der Waals surface area (Å²) in [5.41, 5.74) is 2.09. The van der Waals surface area contributed by atoms with Gasteiger partial charge in [-0.2, -0.15) is 0 Å². The zero-order valence-corrected chi connectivity index (χ0v) is 14.0. The summed E-state index contributed by atoms with van der Waals surface area (Å²) >= 11 is 0. The summed E-state index contributed by atoms with van der Waals surface area (Å²) in [5, 5.41) is 6.88. The summed E-state index contributed by atoms with van der Waals surface area (Å²) in [6.07, 6.45) is 1.51. The van der Waals surface area contributed by atoms with Gasteiger partial charge in [-0.15, -0.1) is 0 Å². The molecule has 2 aliphatic heterocycles. The van der Waals surface area contributed by atoms with Gasteiger partial charge in [0, 0.05) is 44.8 Å². The molecular weight excluding hydrogens is 298 g/mol. The Balaban J connectivity index is 1.57. The number of hydrogen-bond donors (Lipinski definition) is 1. The molecule has 1 N–H and O–H groups in total. The normalized spacial score (nSPS) is 27.3. The van der Waals surface area contributed by atoms with Crippen molar-refractivity contribution in [2.45, 2.75) is 51.5 Å². The summed E-state index contributed by atoms with van der Waals surface area (Å²) in [7, 11) is 1.62. The number of fused-ring (bicyclic) bond motifs is 1. The van der Waals surface area contributed by atoms with E-state index >= 15 is 0 Å². The quantitative estimate of drug-likeness (QED) is 0.780. The first-order valence-electron chi connectivity index (χ1n) is 8.18. The number of rotatable bonds is 6. The summed E-state index contributed by atoms with van der Waals surface area (Å²) < 4.78 is 16.2. The molecule has 7 nitrogen and oxygen atoms in total. The molecule has 1 aromatic heterocycles. The lowest BCUT2D eigenvalue weighted by molar-refractivity contribution is -0.132. The number of nitrogens with one attached hydrogen (secondary N) is 1. The molecule has 23 heavy (non-hydrogen) atoms. The van der Waals surface area contributed by atoms with Gasteiger partial charge in [-0.25, -0.2) is 0 Å². The van der Waals surface area contributed by atoms with Gasteiger partial charge in [0.15, 0.2) is 0 Å². The maximum Gasteiger partial charge on any atom is 0.249 e. The van der Waals surface area contributed by atoms with Crippen LogP contribution in [-0.2, 0) is 20.8 Å². The molecule has 3 atom stereocenters. The molecule has 0 saturated carbocycles. The minimum atomic E-state index is -0.352. The van der Waals surface area contributed by atoms with Crippen molar-refractivity contribution in [1.29, 1.82) is 0 Å².